The van der Waals surface area contributed by atoms with Crippen LogP contribution in [0.2, 0.25) is 0 Å². The lowest BCUT2D eigenvalue weighted by Gasteiger charge is -2.03. The number of hydrogen-bond acceptors (Lipinski definition) is 3. The maximum absolute atomic E-state index is 10.6. The summed E-state index contributed by atoms with van der Waals surface area (Å²) in [4.78, 5) is 18.7. The molecule has 0 aromatic carbocycles. The second-order valence-electron chi connectivity index (χ2n) is 3.02. The first kappa shape index (κ1) is 8.68. The van der Waals surface area contributed by atoms with Crippen molar-refractivity contribution in [1.29, 1.82) is 0 Å². The molecule has 72 valence electrons. The van der Waals surface area contributed by atoms with Gasteiger partial charge in [0.15, 0.2) is 6.29 Å². The third-order valence-corrected chi connectivity index (χ3v) is 2.10. The molecular weight excluding hydrogens is 180 g/mol. The van der Waals surface area contributed by atoms with Crippen molar-refractivity contribution in [2.24, 2.45) is 7.05 Å². The third kappa shape index (κ3) is 1.44. The molecular formula is C9H10N4O. The van der Waals surface area contributed by atoms with Crippen LogP contribution >= 0.6 is 0 Å². The molecule has 14 heavy (non-hydrogen) atoms. The van der Waals surface area contributed by atoms with Gasteiger partial charge in [0.25, 0.3) is 0 Å². The Kier molecular flexibility index (Phi) is 2.14. The van der Waals surface area contributed by atoms with Gasteiger partial charge < -0.3 is 9.13 Å². The molecule has 0 saturated carbocycles. The van der Waals surface area contributed by atoms with Crippen molar-refractivity contribution in [1.82, 2.24) is 19.1 Å². The smallest absolute Gasteiger partial charge is 0.168 e. The first-order chi connectivity index (χ1) is 6.81. The van der Waals surface area contributed by atoms with Gasteiger partial charge in [-0.05, 0) is 0 Å². The predicted octanol–water partition coefficient (Wildman–Crippen LogP) is 0.477. The molecule has 0 fully saturated rings. The van der Waals surface area contributed by atoms with Crippen LogP contribution in [-0.2, 0) is 13.6 Å². The van der Waals surface area contributed by atoms with Crippen molar-refractivity contribution < 1.29 is 4.79 Å². The van der Waals surface area contributed by atoms with Crippen LogP contribution in [0.5, 0.6) is 0 Å². The minimum absolute atomic E-state index is 0.563. The Labute approximate surface area is 81.0 Å². The van der Waals surface area contributed by atoms with Gasteiger partial charge in [-0.15, -0.1) is 0 Å². The molecule has 0 aliphatic heterocycles. The standard InChI is InChI=1S/C9H10N4O/c1-12-3-2-11-9(12)5-13-7-10-4-8(13)6-14/h2-4,6-7H,5H2,1H3. The van der Waals surface area contributed by atoms with Crippen molar-refractivity contribution in [2.45, 2.75) is 6.54 Å². The van der Waals surface area contributed by atoms with Crippen LogP contribution in [0.25, 0.3) is 0 Å². The Balaban J connectivity index is 2.27. The average molecular weight is 190 g/mol. The lowest BCUT2D eigenvalue weighted by Crippen LogP contribution is -2.07. The summed E-state index contributed by atoms with van der Waals surface area (Å²) in [6, 6.07) is 0. The second-order valence-corrected chi connectivity index (χ2v) is 3.02. The van der Waals surface area contributed by atoms with Crippen LogP contribution < -0.4 is 0 Å². The molecule has 2 heterocycles. The maximum atomic E-state index is 10.6. The zero-order chi connectivity index (χ0) is 9.97. The number of aromatic nitrogens is 4. The number of hydrogen-bond donors (Lipinski definition) is 0. The van der Waals surface area contributed by atoms with E-state index in [4.69, 9.17) is 0 Å². The molecule has 2 aromatic rings. The summed E-state index contributed by atoms with van der Waals surface area (Å²) in [7, 11) is 1.92. The van der Waals surface area contributed by atoms with E-state index in [9.17, 15) is 4.79 Å². The summed E-state index contributed by atoms with van der Waals surface area (Å²) in [6.45, 7) is 0.567. The normalized spacial score (nSPS) is 10.4. The van der Waals surface area contributed by atoms with Gasteiger partial charge in [-0.1, -0.05) is 0 Å². The summed E-state index contributed by atoms with van der Waals surface area (Å²) in [6.07, 6.45) is 7.55. The van der Waals surface area contributed by atoms with Gasteiger partial charge in [0.1, 0.15) is 11.5 Å². The molecule has 0 aliphatic rings. The van der Waals surface area contributed by atoms with Crippen molar-refractivity contribution in [2.75, 3.05) is 0 Å². The molecule has 5 heteroatoms. The summed E-state index contributed by atoms with van der Waals surface area (Å²) < 4.78 is 3.67. The molecule has 5 nitrogen and oxygen atoms in total. The quantitative estimate of drug-likeness (QED) is 0.661. The summed E-state index contributed by atoms with van der Waals surface area (Å²) in [5, 5.41) is 0. The fourth-order valence-electron chi connectivity index (χ4n) is 1.26. The van der Waals surface area contributed by atoms with Crippen molar-refractivity contribution in [3.63, 3.8) is 0 Å². The summed E-state index contributed by atoms with van der Waals surface area (Å²) in [5.41, 5.74) is 0.563. The van der Waals surface area contributed by atoms with E-state index in [-0.39, 0.29) is 0 Å². The van der Waals surface area contributed by atoms with Gasteiger partial charge in [0.2, 0.25) is 0 Å². The third-order valence-electron chi connectivity index (χ3n) is 2.10. The summed E-state index contributed by atoms with van der Waals surface area (Å²) >= 11 is 0. The highest BCUT2D eigenvalue weighted by Gasteiger charge is 2.04. The molecule has 0 bridgehead atoms. The number of carbonyl (C=O) groups is 1. The Morgan fingerprint density at radius 2 is 2.43 bits per heavy atom. The van der Waals surface area contributed by atoms with Gasteiger partial charge >= 0.3 is 0 Å². The monoisotopic (exact) mass is 190 g/mol. The zero-order valence-corrected chi connectivity index (χ0v) is 7.79. The molecule has 0 saturated heterocycles. The lowest BCUT2D eigenvalue weighted by molar-refractivity contribution is 0.111. The number of nitrogens with zero attached hydrogens (tertiary/aromatic N) is 4. The van der Waals surface area contributed by atoms with E-state index in [1.165, 1.54) is 6.20 Å². The van der Waals surface area contributed by atoms with Gasteiger partial charge in [0, 0.05) is 19.4 Å². The van der Waals surface area contributed by atoms with E-state index in [0.717, 1.165) is 12.1 Å². The van der Waals surface area contributed by atoms with E-state index in [0.29, 0.717) is 12.2 Å². The fraction of sp³-hybridized carbons (Fsp3) is 0.222. The largest absolute Gasteiger partial charge is 0.337 e. The van der Waals surface area contributed by atoms with Crippen molar-refractivity contribution >= 4 is 6.29 Å². The molecule has 0 amide bonds. The van der Waals surface area contributed by atoms with E-state index in [2.05, 4.69) is 9.97 Å². The molecule has 2 aromatic heterocycles. The average Bonchev–Trinajstić information content (AvgIpc) is 2.77. The van der Waals surface area contributed by atoms with E-state index < -0.39 is 0 Å². The van der Waals surface area contributed by atoms with Crippen LogP contribution in [-0.4, -0.2) is 25.4 Å². The fourth-order valence-corrected chi connectivity index (χ4v) is 1.26. The number of aryl methyl sites for hydroxylation is 1. The highest BCUT2D eigenvalue weighted by atomic mass is 16.1. The van der Waals surface area contributed by atoms with Gasteiger partial charge in [-0.3, -0.25) is 4.79 Å². The predicted molar refractivity (Wildman–Crippen MR) is 49.9 cm³/mol. The molecule has 0 spiro atoms. The van der Waals surface area contributed by atoms with Crippen molar-refractivity contribution in [3.05, 3.63) is 36.4 Å². The van der Waals surface area contributed by atoms with Crippen LogP contribution in [0, 0.1) is 0 Å². The number of rotatable bonds is 3. The van der Waals surface area contributed by atoms with Crippen molar-refractivity contribution in [3.8, 4) is 0 Å². The number of aldehydes is 1. The first-order valence-electron chi connectivity index (χ1n) is 4.23. The molecule has 0 aliphatic carbocycles. The number of carbonyl (C=O) groups excluding carboxylic acids is 1. The molecule has 0 atom stereocenters. The first-order valence-corrected chi connectivity index (χ1v) is 4.23. The van der Waals surface area contributed by atoms with E-state index in [1.54, 1.807) is 17.1 Å². The molecule has 2 rings (SSSR count). The minimum atomic E-state index is 0.563. The molecule has 0 unspecified atom stereocenters. The highest BCUT2D eigenvalue weighted by Crippen LogP contribution is 2.01. The van der Waals surface area contributed by atoms with Crippen LogP contribution in [0.1, 0.15) is 16.3 Å². The van der Waals surface area contributed by atoms with Gasteiger partial charge in [-0.2, -0.15) is 0 Å². The Morgan fingerprint density at radius 3 is 3.07 bits per heavy atom. The Morgan fingerprint density at radius 1 is 1.57 bits per heavy atom. The topological polar surface area (TPSA) is 52.7 Å². The van der Waals surface area contributed by atoms with Crippen LogP contribution in [0.15, 0.2) is 24.9 Å². The highest BCUT2D eigenvalue weighted by molar-refractivity contribution is 5.71. The summed E-state index contributed by atoms with van der Waals surface area (Å²) in [5.74, 6) is 0.895. The van der Waals surface area contributed by atoms with E-state index >= 15 is 0 Å². The Hall–Kier alpha value is -1.91. The maximum Gasteiger partial charge on any atom is 0.168 e. The SMILES string of the molecule is Cn1ccnc1Cn1cncc1C=O. The molecule has 0 N–H and O–H groups in total. The lowest BCUT2D eigenvalue weighted by atomic mass is 10.5. The minimum Gasteiger partial charge on any atom is -0.337 e. The Bertz CT molecular complexity index is 443. The number of imidazole rings is 2. The van der Waals surface area contributed by atoms with Gasteiger partial charge in [-0.25, -0.2) is 9.97 Å². The molecule has 0 radical (unpaired) electrons. The van der Waals surface area contributed by atoms with E-state index in [1.807, 2.05) is 17.8 Å². The second kappa shape index (κ2) is 3.45. The zero-order valence-electron chi connectivity index (χ0n) is 7.79. The van der Waals surface area contributed by atoms with Gasteiger partial charge in [0.05, 0.1) is 19.1 Å². The van der Waals surface area contributed by atoms with Crippen LogP contribution in [0.4, 0.5) is 0 Å². The van der Waals surface area contributed by atoms with Crippen LogP contribution in [0.3, 0.4) is 0 Å².